The number of furan rings is 1. The van der Waals surface area contributed by atoms with Crippen LogP contribution in [-0.4, -0.2) is 20.7 Å². The van der Waals surface area contributed by atoms with Gasteiger partial charge in [0.2, 0.25) is 0 Å². The average molecular weight is 1200 g/mol. The van der Waals surface area contributed by atoms with Gasteiger partial charge < -0.3 is 18.8 Å². The highest BCUT2D eigenvalue weighted by Gasteiger charge is 2.56. The van der Waals surface area contributed by atoms with Crippen LogP contribution in [0.25, 0.3) is 71.7 Å². The predicted octanol–water partition coefficient (Wildman–Crippen LogP) is 22.3. The fourth-order valence-corrected chi connectivity index (χ4v) is 18.3. The first-order valence-corrected chi connectivity index (χ1v) is 39.4. The number of benzene rings is 11. The summed E-state index contributed by atoms with van der Waals surface area (Å²) in [6, 6.07) is 87.0. The zero-order chi connectivity index (χ0) is 62.3. The highest BCUT2D eigenvalue weighted by atomic mass is 28.3. The fraction of sp³-hybridized carbons (Fsp3) is 0.214. The molecule has 4 nitrogen and oxygen atoms in total. The van der Waals surface area contributed by atoms with Crippen LogP contribution in [0.2, 0.25) is 39.3 Å². The van der Waals surface area contributed by atoms with Gasteiger partial charge in [0.1, 0.15) is 11.2 Å². The maximum Gasteiger partial charge on any atom is 0.145 e. The van der Waals surface area contributed by atoms with Gasteiger partial charge in [0.25, 0.3) is 0 Å². The van der Waals surface area contributed by atoms with Crippen molar-refractivity contribution in [1.29, 1.82) is 0 Å². The smallest absolute Gasteiger partial charge is 0.145 e. The normalized spacial score (nSPS) is 15.6. The van der Waals surface area contributed by atoms with E-state index in [0.29, 0.717) is 0 Å². The third-order valence-corrected chi connectivity index (χ3v) is 24.7. The van der Waals surface area contributed by atoms with Crippen molar-refractivity contribution in [2.45, 2.75) is 116 Å². The molecular formula is C84H79N3OSi2. The molecule has 1 aliphatic heterocycles. The summed E-state index contributed by atoms with van der Waals surface area (Å²) in [7, 11) is -3.36. The predicted molar refractivity (Wildman–Crippen MR) is 389 cm³/mol. The number of hydrogen-bond acceptors (Lipinski definition) is 3. The van der Waals surface area contributed by atoms with E-state index in [1.54, 1.807) is 0 Å². The Kier molecular flexibility index (Phi) is 12.1. The van der Waals surface area contributed by atoms with Gasteiger partial charge in [-0.25, -0.2) is 0 Å². The van der Waals surface area contributed by atoms with E-state index in [9.17, 15) is 0 Å². The van der Waals surface area contributed by atoms with Gasteiger partial charge in [0, 0.05) is 55.5 Å². The highest BCUT2D eigenvalue weighted by Crippen LogP contribution is 2.69. The van der Waals surface area contributed by atoms with Gasteiger partial charge in [0.05, 0.1) is 55.0 Å². The van der Waals surface area contributed by atoms with E-state index in [4.69, 9.17) is 4.42 Å². The molecule has 6 heteroatoms. The molecule has 3 heterocycles. The Morgan fingerprint density at radius 2 is 0.878 bits per heavy atom. The largest absolute Gasteiger partial charge is 0.455 e. The lowest BCUT2D eigenvalue weighted by atomic mass is 9.64. The molecule has 90 heavy (non-hydrogen) atoms. The summed E-state index contributed by atoms with van der Waals surface area (Å²) in [5, 5.41) is 7.56. The van der Waals surface area contributed by atoms with Crippen LogP contribution in [0.5, 0.6) is 0 Å². The number of hydrogen-bond donors (Lipinski definition) is 0. The van der Waals surface area contributed by atoms with Crippen molar-refractivity contribution in [3.8, 4) is 27.9 Å². The second-order valence-electron chi connectivity index (χ2n) is 30.5. The molecule has 444 valence electrons. The van der Waals surface area contributed by atoms with Crippen molar-refractivity contribution in [2.24, 2.45) is 0 Å². The van der Waals surface area contributed by atoms with Gasteiger partial charge in [-0.15, -0.1) is 0 Å². The highest BCUT2D eigenvalue weighted by molar-refractivity contribution is 6.89. The molecule has 0 N–H and O–H groups in total. The van der Waals surface area contributed by atoms with E-state index < -0.39 is 27.0 Å². The second-order valence-corrected chi connectivity index (χ2v) is 40.7. The molecule has 0 saturated carbocycles. The fourth-order valence-electron chi connectivity index (χ4n) is 16.0. The molecule has 13 aromatic rings. The van der Waals surface area contributed by atoms with Crippen LogP contribution in [0.4, 0.5) is 34.1 Å². The molecule has 2 aromatic heterocycles. The Hall–Kier alpha value is -8.95. The third kappa shape index (κ3) is 8.02. The minimum absolute atomic E-state index is 0.0279. The monoisotopic (exact) mass is 1200 g/mol. The lowest BCUT2D eigenvalue weighted by Crippen LogP contribution is -2.37. The SMILES string of the molecule is CC(C)(C)c1ccc(N(c2ccc([Si](C)(C)C)cc2)c2cc3c(c4c2-c2ccccc2C4(C)C)-c2c(cc(N(c4ccc(C(C)(C)C)cc4)c4ccc([Si](C)(C)C)cc4)c4c2oc2ccccc24)C32c3ccccc3-n3c4ccccc4c4cccc2c43)cc1. The molecule has 1 unspecified atom stereocenters. The molecule has 11 aromatic carbocycles. The van der Waals surface area contributed by atoms with E-state index >= 15 is 0 Å². The van der Waals surface area contributed by atoms with Gasteiger partial charge in [-0.3, -0.25) is 0 Å². The number of nitrogens with zero attached hydrogens (tertiary/aromatic N) is 3. The molecule has 0 radical (unpaired) electrons. The first-order valence-electron chi connectivity index (χ1n) is 32.4. The number of para-hydroxylation sites is 4. The van der Waals surface area contributed by atoms with Gasteiger partial charge in [-0.2, -0.15) is 0 Å². The molecule has 0 fully saturated rings. The Morgan fingerprint density at radius 1 is 0.411 bits per heavy atom. The topological polar surface area (TPSA) is 24.6 Å². The van der Waals surface area contributed by atoms with E-state index in [0.717, 1.165) is 61.6 Å². The van der Waals surface area contributed by atoms with Gasteiger partial charge >= 0.3 is 0 Å². The Labute approximate surface area is 533 Å². The summed E-state index contributed by atoms with van der Waals surface area (Å²) < 4.78 is 10.4. The molecule has 2 aliphatic carbocycles. The summed E-state index contributed by atoms with van der Waals surface area (Å²) in [6.07, 6.45) is 0. The zero-order valence-electron chi connectivity index (χ0n) is 54.6. The van der Waals surface area contributed by atoms with Crippen LogP contribution in [0.3, 0.4) is 0 Å². The number of aromatic nitrogens is 1. The zero-order valence-corrected chi connectivity index (χ0v) is 56.6. The van der Waals surface area contributed by atoms with Crippen LogP contribution < -0.4 is 20.2 Å². The molecular weight excluding hydrogens is 1120 g/mol. The molecule has 3 aliphatic rings. The summed E-state index contributed by atoms with van der Waals surface area (Å²) >= 11 is 0. The molecule has 1 spiro atoms. The van der Waals surface area contributed by atoms with Crippen LogP contribution in [0.15, 0.2) is 229 Å². The molecule has 0 saturated heterocycles. The Balaban J connectivity index is 1.12. The molecule has 0 bridgehead atoms. The van der Waals surface area contributed by atoms with Gasteiger partial charge in [-0.1, -0.05) is 251 Å². The summed E-state index contributed by atoms with van der Waals surface area (Å²) in [6.45, 7) is 33.5. The quantitative estimate of drug-likeness (QED) is 0.142. The standard InChI is InChI=1S/C84H79N3OSi2/c1-81(2,3)52-34-38-54(39-35-52)85(56-42-46-58(47-43-56)89(9,10)11)71-50-67-76(78-74(71)62-25-15-18-28-64(62)83(78,7)8)77-68(84(67)65-29-19-21-32-70(65)87-69-31-20-16-24-60(69)61-27-23-30-66(84)79(61)87)51-72(75-63-26-17-22-33-73(63)88-80(75)77)86(55-40-36-53(37-41-55)82(4,5)6)57-44-48-59(49-45-57)90(12,13)14/h15-51H,1-14H3. The Morgan fingerprint density at radius 3 is 1.47 bits per heavy atom. The van der Waals surface area contributed by atoms with E-state index in [2.05, 4.69) is 333 Å². The summed E-state index contributed by atoms with van der Waals surface area (Å²) in [4.78, 5) is 5.16. The van der Waals surface area contributed by atoms with Crippen molar-refractivity contribution in [3.63, 3.8) is 0 Å². The summed E-state index contributed by atoms with van der Waals surface area (Å²) in [5.41, 5.74) is 25.9. The van der Waals surface area contributed by atoms with E-state index in [1.165, 1.54) is 99.1 Å². The first-order chi connectivity index (χ1) is 43.0. The third-order valence-electron chi connectivity index (χ3n) is 20.6. The van der Waals surface area contributed by atoms with Crippen molar-refractivity contribution < 1.29 is 4.42 Å². The molecule has 0 amide bonds. The maximum atomic E-state index is 7.82. The van der Waals surface area contributed by atoms with Crippen LogP contribution in [0, 0.1) is 0 Å². The summed E-state index contributed by atoms with van der Waals surface area (Å²) in [5.74, 6) is 0. The van der Waals surface area contributed by atoms with Crippen molar-refractivity contribution >= 4 is 104 Å². The number of anilines is 6. The molecule has 1 atom stereocenters. The van der Waals surface area contributed by atoms with Crippen LogP contribution in [0.1, 0.15) is 99.9 Å². The van der Waals surface area contributed by atoms with Crippen LogP contribution in [-0.2, 0) is 21.7 Å². The second kappa shape index (κ2) is 19.3. The van der Waals surface area contributed by atoms with Crippen LogP contribution >= 0.6 is 0 Å². The van der Waals surface area contributed by atoms with Crippen molar-refractivity contribution in [2.75, 3.05) is 9.80 Å². The first kappa shape index (κ1) is 56.3. The number of rotatable bonds is 8. The van der Waals surface area contributed by atoms with Crippen molar-refractivity contribution in [1.82, 2.24) is 4.57 Å². The van der Waals surface area contributed by atoms with E-state index in [-0.39, 0.29) is 10.8 Å². The van der Waals surface area contributed by atoms with Crippen molar-refractivity contribution in [3.05, 3.63) is 269 Å². The Bertz CT molecular complexity index is 5000. The number of fused-ring (bicyclic) bond motifs is 20. The minimum Gasteiger partial charge on any atom is -0.455 e. The van der Waals surface area contributed by atoms with E-state index in [1.807, 2.05) is 0 Å². The molecule has 16 rings (SSSR count). The van der Waals surface area contributed by atoms with Gasteiger partial charge in [-0.05, 0) is 145 Å². The average Bonchev–Trinajstić information content (AvgIpc) is 1.47. The minimum atomic E-state index is -1.68. The maximum absolute atomic E-state index is 7.82. The lowest BCUT2D eigenvalue weighted by Gasteiger charge is -2.41. The lowest BCUT2D eigenvalue weighted by molar-refractivity contribution is 0.590. The van der Waals surface area contributed by atoms with Gasteiger partial charge in [0.15, 0.2) is 0 Å².